The molecule has 1 aliphatic heterocycles. The van der Waals surface area contributed by atoms with Gasteiger partial charge < -0.3 is 19.9 Å². The summed E-state index contributed by atoms with van der Waals surface area (Å²) in [7, 11) is 5.91. The standard InChI is InChI=1S/C16H25N3OS/c1-18(2)12-14-5-4-10-19(14)16(21)17-11-13-6-8-15(20-3)9-7-13/h6-9,14H,4-5,10-12H2,1-3H3,(H,17,21). The van der Waals surface area contributed by atoms with Crippen molar-refractivity contribution in [2.75, 3.05) is 34.3 Å². The van der Waals surface area contributed by atoms with Gasteiger partial charge in [0.05, 0.1) is 7.11 Å². The highest BCUT2D eigenvalue weighted by atomic mass is 32.1. The number of rotatable bonds is 5. The molecular weight excluding hydrogens is 282 g/mol. The number of benzene rings is 1. The molecule has 0 bridgehead atoms. The normalized spacial score (nSPS) is 18.1. The summed E-state index contributed by atoms with van der Waals surface area (Å²) in [5.74, 6) is 0.881. The number of ether oxygens (including phenoxy) is 1. The second-order valence-electron chi connectivity index (χ2n) is 5.76. The van der Waals surface area contributed by atoms with Gasteiger partial charge in [-0.15, -0.1) is 0 Å². The van der Waals surface area contributed by atoms with E-state index in [0.29, 0.717) is 6.04 Å². The van der Waals surface area contributed by atoms with Crippen LogP contribution in [0, 0.1) is 0 Å². The fourth-order valence-electron chi connectivity index (χ4n) is 2.74. The van der Waals surface area contributed by atoms with Crippen LogP contribution in [0.2, 0.25) is 0 Å². The number of thiocarbonyl (C=S) groups is 1. The van der Waals surface area contributed by atoms with Crippen molar-refractivity contribution in [3.63, 3.8) is 0 Å². The quantitative estimate of drug-likeness (QED) is 0.841. The third-order valence-corrected chi connectivity index (χ3v) is 4.20. The van der Waals surface area contributed by atoms with Gasteiger partial charge in [0, 0.05) is 25.7 Å². The summed E-state index contributed by atoms with van der Waals surface area (Å²) < 4.78 is 5.17. The summed E-state index contributed by atoms with van der Waals surface area (Å²) in [6, 6.07) is 8.62. The lowest BCUT2D eigenvalue weighted by molar-refractivity contribution is 0.283. The summed E-state index contributed by atoms with van der Waals surface area (Å²) in [6.45, 7) is 2.88. The minimum Gasteiger partial charge on any atom is -0.497 e. The molecule has 0 aliphatic carbocycles. The molecule has 4 nitrogen and oxygen atoms in total. The molecule has 0 spiro atoms. The van der Waals surface area contributed by atoms with Gasteiger partial charge in [0.15, 0.2) is 5.11 Å². The second kappa shape index (κ2) is 7.61. The van der Waals surface area contributed by atoms with E-state index < -0.39 is 0 Å². The van der Waals surface area contributed by atoms with Crippen molar-refractivity contribution in [3.05, 3.63) is 29.8 Å². The number of hydrogen-bond donors (Lipinski definition) is 1. The molecule has 0 amide bonds. The van der Waals surface area contributed by atoms with E-state index in [1.54, 1.807) is 7.11 Å². The Morgan fingerprint density at radius 1 is 1.38 bits per heavy atom. The average molecular weight is 307 g/mol. The van der Waals surface area contributed by atoms with Crippen LogP contribution < -0.4 is 10.1 Å². The molecule has 0 aromatic heterocycles. The third kappa shape index (κ3) is 4.58. The van der Waals surface area contributed by atoms with Crippen LogP contribution in [0.1, 0.15) is 18.4 Å². The lowest BCUT2D eigenvalue weighted by atomic mass is 10.2. The van der Waals surface area contributed by atoms with Gasteiger partial charge in [-0.3, -0.25) is 0 Å². The van der Waals surface area contributed by atoms with Gasteiger partial charge in [-0.1, -0.05) is 12.1 Å². The molecule has 1 saturated heterocycles. The lowest BCUT2D eigenvalue weighted by Gasteiger charge is -2.29. The molecule has 1 atom stereocenters. The fraction of sp³-hybridized carbons (Fsp3) is 0.562. The van der Waals surface area contributed by atoms with E-state index in [1.807, 2.05) is 12.1 Å². The van der Waals surface area contributed by atoms with Crippen molar-refractivity contribution in [1.29, 1.82) is 0 Å². The predicted molar refractivity (Wildman–Crippen MR) is 90.7 cm³/mol. The molecule has 116 valence electrons. The van der Waals surface area contributed by atoms with Gasteiger partial charge in [-0.25, -0.2) is 0 Å². The molecule has 1 aromatic carbocycles. The fourth-order valence-corrected chi connectivity index (χ4v) is 3.05. The van der Waals surface area contributed by atoms with Gasteiger partial charge in [0.2, 0.25) is 0 Å². The molecule has 0 radical (unpaired) electrons. The molecule has 1 unspecified atom stereocenters. The highest BCUT2D eigenvalue weighted by Gasteiger charge is 2.26. The van der Waals surface area contributed by atoms with Crippen molar-refractivity contribution < 1.29 is 4.74 Å². The van der Waals surface area contributed by atoms with Gasteiger partial charge in [-0.2, -0.15) is 0 Å². The molecule has 5 heteroatoms. The van der Waals surface area contributed by atoms with Crippen LogP contribution in [0.3, 0.4) is 0 Å². The Kier molecular flexibility index (Phi) is 5.82. The smallest absolute Gasteiger partial charge is 0.169 e. The first kappa shape index (κ1) is 16.0. The van der Waals surface area contributed by atoms with Crippen LogP contribution in [0.5, 0.6) is 5.75 Å². The molecular formula is C16H25N3OS. The van der Waals surface area contributed by atoms with E-state index >= 15 is 0 Å². The minimum absolute atomic E-state index is 0.538. The molecule has 0 saturated carbocycles. The third-order valence-electron chi connectivity index (χ3n) is 3.82. The molecule has 1 aromatic rings. The summed E-state index contributed by atoms with van der Waals surface area (Å²) >= 11 is 5.56. The van der Waals surface area contributed by atoms with E-state index in [2.05, 4.69) is 41.3 Å². The molecule has 1 fully saturated rings. The molecule has 1 N–H and O–H groups in total. The van der Waals surface area contributed by atoms with E-state index in [9.17, 15) is 0 Å². The van der Waals surface area contributed by atoms with Crippen molar-refractivity contribution in [3.8, 4) is 5.75 Å². The Morgan fingerprint density at radius 2 is 2.10 bits per heavy atom. The average Bonchev–Trinajstić information content (AvgIpc) is 2.92. The first-order chi connectivity index (χ1) is 10.1. The van der Waals surface area contributed by atoms with E-state index in [0.717, 1.165) is 30.5 Å². The largest absolute Gasteiger partial charge is 0.497 e. The molecule has 21 heavy (non-hydrogen) atoms. The van der Waals surface area contributed by atoms with Crippen LogP contribution in [-0.2, 0) is 6.54 Å². The maximum Gasteiger partial charge on any atom is 0.169 e. The van der Waals surface area contributed by atoms with Crippen LogP contribution in [0.25, 0.3) is 0 Å². The summed E-state index contributed by atoms with van der Waals surface area (Å²) in [6.07, 6.45) is 2.45. The van der Waals surface area contributed by atoms with Gasteiger partial charge in [0.25, 0.3) is 0 Å². The number of hydrogen-bond acceptors (Lipinski definition) is 3. The Balaban J connectivity index is 1.85. The summed E-state index contributed by atoms with van der Waals surface area (Å²) in [5, 5.41) is 4.25. The molecule has 1 aliphatic rings. The first-order valence-corrected chi connectivity index (χ1v) is 7.83. The van der Waals surface area contributed by atoms with Crippen molar-refractivity contribution in [2.45, 2.75) is 25.4 Å². The van der Waals surface area contributed by atoms with Gasteiger partial charge in [-0.05, 0) is 56.9 Å². The maximum atomic E-state index is 5.56. The second-order valence-corrected chi connectivity index (χ2v) is 6.15. The Hall–Kier alpha value is -1.33. The molecule has 1 heterocycles. The van der Waals surface area contributed by atoms with Gasteiger partial charge >= 0.3 is 0 Å². The lowest BCUT2D eigenvalue weighted by Crippen LogP contribution is -2.45. The zero-order valence-electron chi connectivity index (χ0n) is 13.1. The van der Waals surface area contributed by atoms with Crippen LogP contribution in [0.4, 0.5) is 0 Å². The number of likely N-dealkylation sites (N-methyl/N-ethyl adjacent to an activating group) is 1. The summed E-state index contributed by atoms with van der Waals surface area (Å²) in [4.78, 5) is 4.56. The SMILES string of the molecule is COc1ccc(CNC(=S)N2CCCC2CN(C)C)cc1. The number of nitrogens with zero attached hydrogens (tertiary/aromatic N) is 2. The maximum absolute atomic E-state index is 5.56. The Labute approximate surface area is 133 Å². The van der Waals surface area contributed by atoms with Gasteiger partial charge in [0.1, 0.15) is 5.75 Å². The first-order valence-electron chi connectivity index (χ1n) is 7.42. The van der Waals surface area contributed by atoms with E-state index in [4.69, 9.17) is 17.0 Å². The number of likely N-dealkylation sites (tertiary alicyclic amines) is 1. The number of methoxy groups -OCH3 is 1. The monoisotopic (exact) mass is 307 g/mol. The van der Waals surface area contributed by atoms with Crippen LogP contribution in [-0.4, -0.2) is 55.2 Å². The predicted octanol–water partition coefficient (Wildman–Crippen LogP) is 2.10. The highest BCUT2D eigenvalue weighted by molar-refractivity contribution is 7.80. The van der Waals surface area contributed by atoms with Crippen molar-refractivity contribution in [1.82, 2.24) is 15.1 Å². The van der Waals surface area contributed by atoms with Crippen molar-refractivity contribution >= 4 is 17.3 Å². The summed E-state index contributed by atoms with van der Waals surface area (Å²) in [5.41, 5.74) is 1.21. The Bertz CT molecular complexity index is 461. The zero-order valence-corrected chi connectivity index (χ0v) is 13.9. The van der Waals surface area contributed by atoms with Crippen molar-refractivity contribution in [2.24, 2.45) is 0 Å². The topological polar surface area (TPSA) is 27.7 Å². The minimum atomic E-state index is 0.538. The van der Waals surface area contributed by atoms with E-state index in [-0.39, 0.29) is 0 Å². The van der Waals surface area contributed by atoms with E-state index in [1.165, 1.54) is 18.4 Å². The highest BCUT2D eigenvalue weighted by Crippen LogP contribution is 2.18. The molecule has 2 rings (SSSR count). The zero-order chi connectivity index (χ0) is 15.2. The number of nitrogens with one attached hydrogen (secondary N) is 1. The Morgan fingerprint density at radius 3 is 2.71 bits per heavy atom. The van der Waals surface area contributed by atoms with Crippen LogP contribution in [0.15, 0.2) is 24.3 Å². The van der Waals surface area contributed by atoms with Crippen LogP contribution >= 0.6 is 12.2 Å².